The van der Waals surface area contributed by atoms with Gasteiger partial charge in [-0.25, -0.2) is 10.2 Å². The Labute approximate surface area is 370 Å². The molecule has 13 atom stereocenters. The van der Waals surface area contributed by atoms with Gasteiger partial charge >= 0.3 is 5.97 Å². The lowest BCUT2D eigenvalue weighted by molar-refractivity contribution is -0.309. The van der Waals surface area contributed by atoms with Crippen molar-refractivity contribution in [2.75, 3.05) is 33.9 Å². The minimum atomic E-state index is -1.68. The number of rotatable bonds is 13. The van der Waals surface area contributed by atoms with Gasteiger partial charge in [0, 0.05) is 47.5 Å². The minimum absolute atomic E-state index is 0.0149. The summed E-state index contributed by atoms with van der Waals surface area (Å²) in [5.41, 5.74) is 4.83. The molecule has 0 bridgehead atoms. The lowest BCUT2D eigenvalue weighted by Crippen LogP contribution is -2.59. The Morgan fingerprint density at radius 1 is 1.17 bits per heavy atom. The van der Waals surface area contributed by atoms with Crippen LogP contribution < -0.4 is 11.6 Å². The van der Waals surface area contributed by atoms with Gasteiger partial charge in [-0.1, -0.05) is 72.8 Å². The number of hydrazine groups is 1. The molecule has 1 aromatic carbocycles. The number of halogens is 2. The standard InChI is InChI=1S/C44H72FIN6O8/c1-10-38-44(7,56)40(53)30(5)51(9)24-27(2)21-43(6,55)41(37(46)17-28(3)42(54)59-38)60-39-20-35(18-29(4)58-39)50(8)16-15-34(47)25-52(48)36(22-45)19-31-11-13-32(14-12-31)33-23-49-57-26-33/h11-14,23,25-30,35-41,53,55-56H,10,15-22,24,47-48H2,1-9H3/p+1/b34-25-/t27-,28-,29-,30-,35+,36+,37+,38-,39+,40-,41-,43-,44-/m1/s1. The molecule has 60 heavy (non-hydrogen) atoms. The predicted molar refractivity (Wildman–Crippen MR) is 237 cm³/mol. The quantitative estimate of drug-likeness (QED) is 0.0622. The molecule has 0 saturated carbocycles. The normalized spacial score (nSPS) is 35.1. The summed E-state index contributed by atoms with van der Waals surface area (Å²) in [5.74, 6) is 5.31. The van der Waals surface area contributed by atoms with E-state index < -0.39 is 66.4 Å². The van der Waals surface area contributed by atoms with Crippen LogP contribution in [0.5, 0.6) is 0 Å². The second-order valence-corrected chi connectivity index (χ2v) is 19.7. The Bertz CT molecular complexity index is 1640. The van der Waals surface area contributed by atoms with Gasteiger partial charge in [0.1, 0.15) is 42.5 Å². The van der Waals surface area contributed by atoms with Gasteiger partial charge in [-0.2, -0.15) is 0 Å². The first-order chi connectivity index (χ1) is 28.2. The maximum absolute atomic E-state index is 14.2. The third kappa shape index (κ3) is 13.6. The molecule has 0 radical (unpaired) electrons. The van der Waals surface area contributed by atoms with Crippen LogP contribution in [0.2, 0.25) is 0 Å². The number of hydrogen-bond donors (Lipinski definition) is 5. The average molecular weight is 960 g/mol. The molecule has 2 aliphatic heterocycles. The number of ether oxygens (including phenoxy) is 3. The smallest absolute Gasteiger partial charge is 0.309 e. The Balaban J connectivity index is 1.42. The third-order valence-electron chi connectivity index (χ3n) is 12.6. The van der Waals surface area contributed by atoms with Crippen LogP contribution in [0.1, 0.15) is 92.6 Å². The molecule has 0 amide bonds. The van der Waals surface area contributed by atoms with Gasteiger partial charge < -0.3 is 54.6 Å². The van der Waals surface area contributed by atoms with E-state index in [1.807, 2.05) is 57.0 Å². The summed E-state index contributed by atoms with van der Waals surface area (Å²) >= 11 is 2.28. The molecule has 2 aliphatic rings. The zero-order valence-electron chi connectivity index (χ0n) is 37.2. The highest BCUT2D eigenvalue weighted by molar-refractivity contribution is 14.1. The van der Waals surface area contributed by atoms with E-state index in [0.29, 0.717) is 51.6 Å². The molecular formula is C44H73FIN6O8+. The van der Waals surface area contributed by atoms with Crippen molar-refractivity contribution in [1.82, 2.24) is 20.0 Å². The van der Waals surface area contributed by atoms with Crippen LogP contribution in [-0.4, -0.2) is 139 Å². The van der Waals surface area contributed by atoms with Gasteiger partial charge in [0.05, 0.1) is 36.1 Å². The average Bonchev–Trinajstić information content (AvgIpc) is 3.74. The summed E-state index contributed by atoms with van der Waals surface area (Å²) in [6, 6.07) is 6.91. The van der Waals surface area contributed by atoms with Crippen molar-refractivity contribution in [1.29, 1.82) is 0 Å². The van der Waals surface area contributed by atoms with Crippen LogP contribution in [-0.2, 0) is 25.4 Å². The van der Waals surface area contributed by atoms with Crippen LogP contribution in [0.3, 0.4) is 0 Å². The summed E-state index contributed by atoms with van der Waals surface area (Å²) in [4.78, 5) is 17.7. The molecule has 0 unspecified atom stereocenters. The number of quaternary nitrogens is 1. The molecule has 14 nitrogen and oxygen atoms in total. The fourth-order valence-corrected chi connectivity index (χ4v) is 10.5. The minimum Gasteiger partial charge on any atom is -0.459 e. The van der Waals surface area contributed by atoms with Gasteiger partial charge in [0.25, 0.3) is 0 Å². The first-order valence-corrected chi connectivity index (χ1v) is 22.7. The summed E-state index contributed by atoms with van der Waals surface area (Å²) in [6.07, 6.45) is 4.89. The number of aliphatic hydroxyl groups excluding tert-OH is 1. The van der Waals surface area contributed by atoms with Crippen molar-refractivity contribution < 1.29 is 49.0 Å². The number of carbonyl (C=O) groups excluding carboxylic acids is 1. The number of aliphatic hydroxyl groups is 3. The van der Waals surface area contributed by atoms with Gasteiger partial charge in [-0.15, -0.1) is 0 Å². The van der Waals surface area contributed by atoms with E-state index in [-0.39, 0.29) is 22.0 Å². The van der Waals surface area contributed by atoms with E-state index >= 15 is 0 Å². The van der Waals surface area contributed by atoms with E-state index in [1.165, 1.54) is 11.9 Å². The largest absolute Gasteiger partial charge is 0.459 e. The molecule has 8 N–H and O–H groups in total. The highest BCUT2D eigenvalue weighted by atomic mass is 127. The van der Waals surface area contributed by atoms with E-state index in [9.17, 15) is 24.5 Å². The Morgan fingerprint density at radius 3 is 2.47 bits per heavy atom. The van der Waals surface area contributed by atoms with E-state index in [0.717, 1.165) is 28.8 Å². The van der Waals surface area contributed by atoms with Crippen LogP contribution in [0, 0.1) is 11.8 Å². The lowest BCUT2D eigenvalue weighted by atomic mass is 9.84. The van der Waals surface area contributed by atoms with Crippen LogP contribution >= 0.6 is 22.6 Å². The Morgan fingerprint density at radius 2 is 1.85 bits per heavy atom. The number of aromatic nitrogens is 1. The number of nitrogens with zero attached hydrogens (tertiary/aromatic N) is 4. The number of benzene rings is 1. The zero-order valence-corrected chi connectivity index (χ0v) is 39.3. The number of alkyl halides is 2. The molecule has 2 fully saturated rings. The fourth-order valence-electron chi connectivity index (χ4n) is 8.77. The molecular weight excluding hydrogens is 886 g/mol. The monoisotopic (exact) mass is 959 g/mol. The third-order valence-corrected chi connectivity index (χ3v) is 13.8. The van der Waals surface area contributed by atoms with E-state index in [1.54, 1.807) is 32.5 Å². The van der Waals surface area contributed by atoms with Crippen LogP contribution in [0.15, 0.2) is 53.1 Å². The highest BCUT2D eigenvalue weighted by Gasteiger charge is 2.47. The lowest BCUT2D eigenvalue weighted by Gasteiger charge is -2.44. The number of cyclic esters (lactones) is 1. The van der Waals surface area contributed by atoms with E-state index in [4.69, 9.17) is 24.6 Å². The number of hydrogen-bond acceptors (Lipinski definition) is 13. The van der Waals surface area contributed by atoms with Gasteiger partial charge in [-0.3, -0.25) is 4.79 Å². The summed E-state index contributed by atoms with van der Waals surface area (Å²) < 4.78 is 38.0. The van der Waals surface area contributed by atoms with E-state index in [2.05, 4.69) is 52.4 Å². The summed E-state index contributed by atoms with van der Waals surface area (Å²) in [6.45, 7) is 13.4. The van der Waals surface area contributed by atoms with Crippen molar-refractivity contribution >= 4 is 28.6 Å². The van der Waals surface area contributed by atoms with Crippen molar-refractivity contribution in [3.63, 3.8) is 0 Å². The van der Waals surface area contributed by atoms with Gasteiger partial charge in [-0.05, 0) is 90.9 Å². The predicted octanol–water partition coefficient (Wildman–Crippen LogP) is 4.46. The van der Waals surface area contributed by atoms with Crippen molar-refractivity contribution in [3.05, 3.63) is 54.2 Å². The number of likely N-dealkylation sites (N-methyl/N-ethyl adjacent to an activating group) is 1. The first kappa shape index (κ1) is 50.4. The maximum Gasteiger partial charge on any atom is 0.309 e. The van der Waals surface area contributed by atoms with Gasteiger partial charge in [0.15, 0.2) is 6.29 Å². The number of nitrogens with two attached hydrogens (primary N) is 1. The van der Waals surface area contributed by atoms with Gasteiger partial charge in [0.2, 0.25) is 0 Å². The molecule has 3 heterocycles. The number of carbonyl (C=O) groups is 1. The first-order valence-electron chi connectivity index (χ1n) is 21.5. The molecule has 4 rings (SSSR count). The second kappa shape index (κ2) is 22.4. The van der Waals surface area contributed by atoms with Crippen molar-refractivity contribution in [3.8, 4) is 11.1 Å². The van der Waals surface area contributed by atoms with Crippen molar-refractivity contribution in [2.45, 2.75) is 157 Å². The molecule has 2 aromatic rings. The maximum atomic E-state index is 14.2. The highest BCUT2D eigenvalue weighted by Crippen LogP contribution is 2.37. The Kier molecular flexibility index (Phi) is 18.8. The molecule has 16 heteroatoms. The molecule has 0 aliphatic carbocycles. The molecule has 1 aromatic heterocycles. The summed E-state index contributed by atoms with van der Waals surface area (Å²) in [7, 11) is 3.95. The molecule has 0 spiro atoms. The fraction of sp³-hybridized carbons (Fsp3) is 0.727. The summed E-state index contributed by atoms with van der Waals surface area (Å²) in [5, 5.41) is 40.3. The SMILES string of the molecule is CC[C@H]1OC(=O)[C@H](C)C[C@H](I)[C@@H](O[C@H]2C[C@@H](N(C)CC/C([NH3+])=C/N(N)[C@H](CF)Cc3ccc(-c4cnoc4)cc3)C[C@@H](C)O2)[C@](C)(O)C[C@@H](C)CN(C)[C@H](C)[C@@H](O)[C@]1(C)O. The van der Waals surface area contributed by atoms with Crippen molar-refractivity contribution in [2.24, 2.45) is 17.7 Å². The number of esters is 1. The topological polar surface area (TPSA) is 195 Å². The zero-order chi connectivity index (χ0) is 44.5. The molecule has 2 saturated heterocycles. The Hall–Kier alpha value is -2.26. The van der Waals surface area contributed by atoms with Crippen LogP contribution in [0.4, 0.5) is 4.39 Å². The molecule has 340 valence electrons. The van der Waals surface area contributed by atoms with Crippen LogP contribution in [0.25, 0.3) is 11.1 Å². The second-order valence-electron chi connectivity index (χ2n) is 18.1.